The predicted octanol–water partition coefficient (Wildman–Crippen LogP) is 12.7. The third-order valence-corrected chi connectivity index (χ3v) is 9.52. The second-order valence-electron chi connectivity index (χ2n) is 12.6. The van der Waals surface area contributed by atoms with Gasteiger partial charge in [0.1, 0.15) is 11.0 Å². The first-order valence-corrected chi connectivity index (χ1v) is 17.0. The number of oxazole rings is 2. The normalized spacial score (nSPS) is 11.5. The second-order valence-corrected chi connectivity index (χ2v) is 12.6. The van der Waals surface area contributed by atoms with E-state index in [0.29, 0.717) is 11.8 Å². The van der Waals surface area contributed by atoms with E-state index in [-0.39, 0.29) is 0 Å². The van der Waals surface area contributed by atoms with E-state index in [2.05, 4.69) is 132 Å². The number of nitrogens with zero attached hydrogens (tertiary/aromatic N) is 3. The van der Waals surface area contributed by atoms with Crippen LogP contribution in [0.15, 0.2) is 185 Å². The Balaban J connectivity index is 1.18. The molecular weight excluding hydrogens is 627 g/mol. The minimum Gasteiger partial charge on any atom is -0.436 e. The zero-order valence-corrected chi connectivity index (χ0v) is 27.4. The highest BCUT2D eigenvalue weighted by Gasteiger charge is 2.23. The van der Waals surface area contributed by atoms with Crippen molar-refractivity contribution in [2.75, 3.05) is 4.90 Å². The summed E-state index contributed by atoms with van der Waals surface area (Å²) >= 11 is 0. The fourth-order valence-electron chi connectivity index (χ4n) is 7.17. The van der Waals surface area contributed by atoms with Crippen LogP contribution in [0, 0.1) is 0 Å². The molecule has 10 aromatic rings. The molecule has 0 aliphatic carbocycles. The summed E-state index contributed by atoms with van der Waals surface area (Å²) in [5, 5.41) is 4.68. The molecule has 0 aliphatic rings. The highest BCUT2D eigenvalue weighted by molar-refractivity contribution is 6.22. The van der Waals surface area contributed by atoms with Gasteiger partial charge in [0.15, 0.2) is 11.2 Å². The quantitative estimate of drug-likeness (QED) is 0.167. The molecule has 0 spiro atoms. The van der Waals surface area contributed by atoms with Crippen molar-refractivity contribution in [3.8, 4) is 34.0 Å². The van der Waals surface area contributed by atoms with Gasteiger partial charge in [0.25, 0.3) is 0 Å². The van der Waals surface area contributed by atoms with Crippen LogP contribution in [0.3, 0.4) is 0 Å². The molecule has 0 saturated carbocycles. The van der Waals surface area contributed by atoms with Gasteiger partial charge in [-0.3, -0.25) is 0 Å². The molecule has 0 unspecified atom stereocenters. The van der Waals surface area contributed by atoms with E-state index in [1.807, 2.05) is 48.5 Å². The molecule has 5 nitrogen and oxygen atoms in total. The Morgan fingerprint density at radius 3 is 1.24 bits per heavy atom. The maximum Gasteiger partial charge on any atom is 0.227 e. The fourth-order valence-corrected chi connectivity index (χ4v) is 7.17. The number of para-hydroxylation sites is 4. The first-order valence-electron chi connectivity index (χ1n) is 17.0. The number of hydrogen-bond acceptors (Lipinski definition) is 5. The van der Waals surface area contributed by atoms with E-state index < -0.39 is 0 Å². The Kier molecular flexibility index (Phi) is 6.74. The minimum atomic E-state index is 0.597. The molecule has 51 heavy (non-hydrogen) atoms. The van der Waals surface area contributed by atoms with Crippen LogP contribution in [0.1, 0.15) is 0 Å². The van der Waals surface area contributed by atoms with Gasteiger partial charge in [-0.2, -0.15) is 0 Å². The standard InChI is InChI=1S/C46H29N3O2/c1-2-12-30(13-3-1)43-35-14-4-6-16-37(35)44(38-17-7-5-15-36(38)43)49(33-26-22-31(23-27-33)45-47-39-18-8-10-20-41(39)50-45)34-28-24-32(25-29-34)46-48-40-19-9-11-21-42(40)51-46/h1-29H. The summed E-state index contributed by atoms with van der Waals surface area (Å²) < 4.78 is 12.3. The summed E-state index contributed by atoms with van der Waals surface area (Å²) in [7, 11) is 0. The Hall–Kier alpha value is -6.98. The lowest BCUT2D eigenvalue weighted by molar-refractivity contribution is 0.619. The van der Waals surface area contributed by atoms with Crippen LogP contribution in [-0.4, -0.2) is 9.97 Å². The van der Waals surface area contributed by atoms with Crippen LogP contribution in [0.5, 0.6) is 0 Å². The Morgan fingerprint density at radius 1 is 0.353 bits per heavy atom. The van der Waals surface area contributed by atoms with Gasteiger partial charge in [-0.05, 0) is 94.7 Å². The van der Waals surface area contributed by atoms with Crippen LogP contribution in [0.4, 0.5) is 17.1 Å². The highest BCUT2D eigenvalue weighted by Crippen LogP contribution is 2.48. The molecule has 8 aromatic carbocycles. The molecule has 10 rings (SSSR count). The monoisotopic (exact) mass is 655 g/mol. The zero-order valence-electron chi connectivity index (χ0n) is 27.4. The largest absolute Gasteiger partial charge is 0.436 e. The van der Waals surface area contributed by atoms with E-state index in [1.165, 1.54) is 21.9 Å². The molecule has 240 valence electrons. The first kappa shape index (κ1) is 29.0. The maximum atomic E-state index is 6.13. The Labute approximate surface area is 293 Å². The molecule has 2 heterocycles. The molecule has 2 aromatic heterocycles. The van der Waals surface area contributed by atoms with Gasteiger partial charge in [0, 0.05) is 33.3 Å². The van der Waals surface area contributed by atoms with Crippen LogP contribution in [0.25, 0.3) is 77.8 Å². The van der Waals surface area contributed by atoms with Crippen molar-refractivity contribution < 1.29 is 8.83 Å². The van der Waals surface area contributed by atoms with E-state index in [4.69, 9.17) is 18.8 Å². The molecular formula is C46H29N3O2. The lowest BCUT2D eigenvalue weighted by Gasteiger charge is -2.29. The summed E-state index contributed by atoms with van der Waals surface area (Å²) in [5.74, 6) is 1.19. The number of benzene rings is 8. The van der Waals surface area contributed by atoms with E-state index in [1.54, 1.807) is 0 Å². The van der Waals surface area contributed by atoms with Crippen molar-refractivity contribution in [2.24, 2.45) is 0 Å². The Morgan fingerprint density at radius 2 is 0.765 bits per heavy atom. The smallest absolute Gasteiger partial charge is 0.227 e. The van der Waals surface area contributed by atoms with Crippen molar-refractivity contribution in [3.05, 3.63) is 176 Å². The Bertz CT molecular complexity index is 2610. The van der Waals surface area contributed by atoms with Gasteiger partial charge in [0.05, 0.1) is 5.69 Å². The van der Waals surface area contributed by atoms with Gasteiger partial charge in [-0.15, -0.1) is 0 Å². The third-order valence-electron chi connectivity index (χ3n) is 9.52. The number of hydrogen-bond donors (Lipinski definition) is 0. The van der Waals surface area contributed by atoms with E-state index in [0.717, 1.165) is 61.2 Å². The molecule has 0 amide bonds. The van der Waals surface area contributed by atoms with Crippen molar-refractivity contribution in [3.63, 3.8) is 0 Å². The van der Waals surface area contributed by atoms with Gasteiger partial charge in [0.2, 0.25) is 11.8 Å². The van der Waals surface area contributed by atoms with Gasteiger partial charge >= 0.3 is 0 Å². The third kappa shape index (κ3) is 4.94. The SMILES string of the molecule is c1ccc(-c2c3ccccc3c(N(c3ccc(-c4nc5ccccc5o4)cc3)c3ccc(-c4nc5ccccc5o4)cc3)c3ccccc23)cc1. The minimum absolute atomic E-state index is 0.597. The summed E-state index contributed by atoms with van der Waals surface area (Å²) in [6.45, 7) is 0. The maximum absolute atomic E-state index is 6.13. The van der Waals surface area contributed by atoms with Crippen molar-refractivity contribution in [2.45, 2.75) is 0 Å². The topological polar surface area (TPSA) is 55.3 Å². The molecule has 0 N–H and O–H groups in total. The van der Waals surface area contributed by atoms with Gasteiger partial charge in [-0.25, -0.2) is 9.97 Å². The molecule has 5 heteroatoms. The molecule has 0 atom stereocenters. The lowest BCUT2D eigenvalue weighted by Crippen LogP contribution is -2.11. The van der Waals surface area contributed by atoms with E-state index >= 15 is 0 Å². The summed E-state index contributed by atoms with van der Waals surface area (Å²) in [6, 6.07) is 60.8. The molecule has 0 fully saturated rings. The van der Waals surface area contributed by atoms with Crippen LogP contribution in [-0.2, 0) is 0 Å². The van der Waals surface area contributed by atoms with Crippen molar-refractivity contribution in [1.82, 2.24) is 9.97 Å². The predicted molar refractivity (Wildman–Crippen MR) is 208 cm³/mol. The van der Waals surface area contributed by atoms with Gasteiger partial charge in [-0.1, -0.05) is 103 Å². The number of rotatable bonds is 6. The number of anilines is 3. The molecule has 0 bridgehead atoms. The highest BCUT2D eigenvalue weighted by atomic mass is 16.4. The molecule has 0 radical (unpaired) electrons. The van der Waals surface area contributed by atoms with Gasteiger partial charge < -0.3 is 13.7 Å². The van der Waals surface area contributed by atoms with Crippen LogP contribution >= 0.6 is 0 Å². The average molecular weight is 656 g/mol. The molecule has 0 saturated heterocycles. The lowest BCUT2D eigenvalue weighted by atomic mass is 9.90. The van der Waals surface area contributed by atoms with E-state index in [9.17, 15) is 0 Å². The van der Waals surface area contributed by atoms with Crippen molar-refractivity contribution in [1.29, 1.82) is 0 Å². The summed E-state index contributed by atoms with van der Waals surface area (Å²) in [5.41, 5.74) is 10.6. The van der Waals surface area contributed by atoms with Crippen LogP contribution < -0.4 is 4.90 Å². The number of aromatic nitrogens is 2. The number of fused-ring (bicyclic) bond motifs is 4. The fraction of sp³-hybridized carbons (Fsp3) is 0. The second kappa shape index (κ2) is 11.9. The first-order chi connectivity index (χ1) is 25.3. The summed E-state index contributed by atoms with van der Waals surface area (Å²) in [6.07, 6.45) is 0. The van der Waals surface area contributed by atoms with Crippen LogP contribution in [0.2, 0.25) is 0 Å². The van der Waals surface area contributed by atoms with Crippen molar-refractivity contribution >= 4 is 60.8 Å². The average Bonchev–Trinajstić information content (AvgIpc) is 3.84. The zero-order chi connectivity index (χ0) is 33.7. The molecule has 0 aliphatic heterocycles. The summed E-state index contributed by atoms with van der Waals surface area (Å²) in [4.78, 5) is 11.9.